The zero-order valence-corrected chi connectivity index (χ0v) is 12.4. The van der Waals surface area contributed by atoms with E-state index in [0.717, 1.165) is 18.2 Å². The van der Waals surface area contributed by atoms with Crippen LogP contribution in [0.1, 0.15) is 27.0 Å². The molecule has 25 heavy (non-hydrogen) atoms. The number of halogens is 7. The molecule has 0 bridgehead atoms. The van der Waals surface area contributed by atoms with E-state index < -0.39 is 52.0 Å². The largest absolute Gasteiger partial charge is 0.478 e. The number of hydrogen-bond acceptors (Lipinski definition) is 1. The Morgan fingerprint density at radius 2 is 1.56 bits per heavy atom. The van der Waals surface area contributed by atoms with Crippen molar-refractivity contribution < 1.29 is 40.6 Å². The monoisotopic (exact) mass is 366 g/mol. The van der Waals surface area contributed by atoms with Crippen molar-refractivity contribution in [2.75, 3.05) is 0 Å². The highest BCUT2D eigenvalue weighted by atomic mass is 19.4. The van der Waals surface area contributed by atoms with Gasteiger partial charge in [-0.1, -0.05) is 12.1 Å². The van der Waals surface area contributed by atoms with Gasteiger partial charge in [-0.25, -0.2) is 9.18 Å². The highest BCUT2D eigenvalue weighted by Crippen LogP contribution is 2.45. The first-order valence-corrected chi connectivity index (χ1v) is 6.65. The van der Waals surface area contributed by atoms with Crippen LogP contribution in [-0.4, -0.2) is 11.1 Å². The van der Waals surface area contributed by atoms with Crippen LogP contribution < -0.4 is 0 Å². The maximum Gasteiger partial charge on any atom is 0.417 e. The molecule has 2 nitrogen and oxygen atoms in total. The van der Waals surface area contributed by atoms with Gasteiger partial charge >= 0.3 is 18.3 Å². The second-order valence-electron chi connectivity index (χ2n) is 5.18. The minimum atomic E-state index is -5.35. The van der Waals surface area contributed by atoms with Crippen molar-refractivity contribution in [3.05, 3.63) is 58.4 Å². The number of alkyl halides is 6. The SMILES string of the molecule is Cc1cc(C(=O)O)c(F)cc1-c1cccc(C(F)(F)F)c1C(F)(F)F. The van der Waals surface area contributed by atoms with E-state index in [1.54, 1.807) is 0 Å². The molecule has 2 aromatic rings. The molecule has 0 unspecified atom stereocenters. The van der Waals surface area contributed by atoms with Crippen LogP contribution in [0.5, 0.6) is 0 Å². The molecule has 0 fully saturated rings. The van der Waals surface area contributed by atoms with Crippen LogP contribution in [0.4, 0.5) is 30.7 Å². The molecule has 2 rings (SSSR count). The molecule has 0 aliphatic heterocycles. The normalized spacial score (nSPS) is 12.3. The number of aromatic carboxylic acids is 1. The number of rotatable bonds is 2. The summed E-state index contributed by atoms with van der Waals surface area (Å²) in [6.45, 7) is 1.18. The van der Waals surface area contributed by atoms with Crippen molar-refractivity contribution in [2.24, 2.45) is 0 Å². The Morgan fingerprint density at radius 3 is 2.04 bits per heavy atom. The van der Waals surface area contributed by atoms with E-state index in [4.69, 9.17) is 5.11 Å². The van der Waals surface area contributed by atoms with E-state index in [2.05, 4.69) is 0 Å². The summed E-state index contributed by atoms with van der Waals surface area (Å²) in [7, 11) is 0. The van der Waals surface area contributed by atoms with E-state index in [-0.39, 0.29) is 11.6 Å². The Bertz CT molecular complexity index is 836. The van der Waals surface area contributed by atoms with Crippen LogP contribution in [0.2, 0.25) is 0 Å². The van der Waals surface area contributed by atoms with E-state index in [1.807, 2.05) is 0 Å². The zero-order chi connectivity index (χ0) is 19.2. The fraction of sp³-hybridized carbons (Fsp3) is 0.188. The predicted octanol–water partition coefficient (Wildman–Crippen LogP) is 5.54. The van der Waals surface area contributed by atoms with Crippen molar-refractivity contribution in [1.29, 1.82) is 0 Å². The van der Waals surface area contributed by atoms with Crippen LogP contribution in [-0.2, 0) is 12.4 Å². The summed E-state index contributed by atoms with van der Waals surface area (Å²) in [6.07, 6.45) is -10.6. The summed E-state index contributed by atoms with van der Waals surface area (Å²) in [5.74, 6) is -2.99. The highest BCUT2D eigenvalue weighted by Gasteiger charge is 2.45. The zero-order valence-electron chi connectivity index (χ0n) is 12.4. The average Bonchev–Trinajstić information content (AvgIpc) is 2.46. The lowest BCUT2D eigenvalue weighted by atomic mass is 9.91. The molecular weight excluding hydrogens is 357 g/mol. The quantitative estimate of drug-likeness (QED) is 0.709. The fourth-order valence-electron chi connectivity index (χ4n) is 2.45. The molecule has 0 aromatic heterocycles. The van der Waals surface area contributed by atoms with Crippen molar-refractivity contribution in [2.45, 2.75) is 19.3 Å². The van der Waals surface area contributed by atoms with E-state index in [1.165, 1.54) is 6.92 Å². The summed E-state index contributed by atoms with van der Waals surface area (Å²) in [6, 6.07) is 3.09. The van der Waals surface area contributed by atoms with Crippen molar-refractivity contribution >= 4 is 5.97 Å². The number of aryl methyl sites for hydroxylation is 1. The molecule has 0 radical (unpaired) electrons. The summed E-state index contributed by atoms with van der Waals surface area (Å²) in [4.78, 5) is 10.9. The predicted molar refractivity (Wildman–Crippen MR) is 73.5 cm³/mol. The number of carboxylic acid groups (broad SMARTS) is 1. The van der Waals surface area contributed by atoms with E-state index in [9.17, 15) is 35.5 Å². The molecule has 9 heteroatoms. The number of benzene rings is 2. The molecule has 0 spiro atoms. The lowest BCUT2D eigenvalue weighted by Crippen LogP contribution is -2.18. The Balaban J connectivity index is 2.85. The molecule has 1 N–H and O–H groups in total. The minimum absolute atomic E-state index is 0.108. The van der Waals surface area contributed by atoms with Gasteiger partial charge in [-0.3, -0.25) is 0 Å². The summed E-state index contributed by atoms with van der Waals surface area (Å²) in [5.41, 5.74) is -6.10. The third-order valence-corrected chi connectivity index (χ3v) is 3.49. The Morgan fingerprint density at radius 1 is 0.960 bits per heavy atom. The molecule has 0 aliphatic rings. The Kier molecular flexibility index (Phi) is 4.54. The second kappa shape index (κ2) is 6.05. The molecule has 0 atom stereocenters. The van der Waals surface area contributed by atoms with Gasteiger partial charge in [0, 0.05) is 0 Å². The minimum Gasteiger partial charge on any atom is -0.478 e. The molecule has 0 saturated heterocycles. The van der Waals surface area contributed by atoms with E-state index >= 15 is 0 Å². The van der Waals surface area contributed by atoms with Crippen LogP contribution in [0.25, 0.3) is 11.1 Å². The van der Waals surface area contributed by atoms with Crippen molar-refractivity contribution in [3.63, 3.8) is 0 Å². The lowest BCUT2D eigenvalue weighted by molar-refractivity contribution is -0.161. The van der Waals surface area contributed by atoms with Gasteiger partial charge in [-0.2, -0.15) is 26.3 Å². The summed E-state index contributed by atoms with van der Waals surface area (Å²) >= 11 is 0. The van der Waals surface area contributed by atoms with Crippen molar-refractivity contribution in [3.8, 4) is 11.1 Å². The van der Waals surface area contributed by atoms with Crippen LogP contribution in [0, 0.1) is 12.7 Å². The van der Waals surface area contributed by atoms with Gasteiger partial charge in [-0.15, -0.1) is 0 Å². The van der Waals surface area contributed by atoms with E-state index in [0.29, 0.717) is 6.07 Å². The maximum absolute atomic E-state index is 13.8. The number of carbonyl (C=O) groups is 1. The smallest absolute Gasteiger partial charge is 0.417 e. The third kappa shape index (κ3) is 3.59. The van der Waals surface area contributed by atoms with Gasteiger partial charge in [0.2, 0.25) is 0 Å². The van der Waals surface area contributed by atoms with Crippen LogP contribution in [0.15, 0.2) is 30.3 Å². The van der Waals surface area contributed by atoms with Gasteiger partial charge in [0.15, 0.2) is 0 Å². The van der Waals surface area contributed by atoms with Gasteiger partial charge < -0.3 is 5.11 Å². The van der Waals surface area contributed by atoms with Gasteiger partial charge in [0.05, 0.1) is 16.7 Å². The van der Waals surface area contributed by atoms with Crippen LogP contribution >= 0.6 is 0 Å². The molecule has 0 aliphatic carbocycles. The van der Waals surface area contributed by atoms with Gasteiger partial charge in [0.1, 0.15) is 5.82 Å². The first kappa shape index (κ1) is 18.8. The van der Waals surface area contributed by atoms with Gasteiger partial charge in [-0.05, 0) is 41.8 Å². The second-order valence-corrected chi connectivity index (χ2v) is 5.18. The molecule has 134 valence electrons. The molecule has 0 amide bonds. The number of hydrogen-bond donors (Lipinski definition) is 1. The van der Waals surface area contributed by atoms with Gasteiger partial charge in [0.25, 0.3) is 0 Å². The molecular formula is C16H9F7O2. The third-order valence-electron chi connectivity index (χ3n) is 3.49. The first-order chi connectivity index (χ1) is 11.3. The van der Waals surface area contributed by atoms with Crippen LogP contribution in [0.3, 0.4) is 0 Å². The molecule has 2 aromatic carbocycles. The fourth-order valence-corrected chi connectivity index (χ4v) is 2.45. The molecule has 0 saturated carbocycles. The molecule has 0 heterocycles. The standard InChI is InChI=1S/C16H9F7O2/c1-7-5-10(14(24)25)12(17)6-9(7)8-3-2-4-11(15(18,19)20)13(8)16(21,22)23/h2-6H,1H3,(H,24,25). The maximum atomic E-state index is 13.8. The summed E-state index contributed by atoms with van der Waals surface area (Å²) < 4.78 is 92.6. The first-order valence-electron chi connectivity index (χ1n) is 6.65. The Hall–Kier alpha value is -2.58. The number of carboxylic acids is 1. The average molecular weight is 366 g/mol. The highest BCUT2D eigenvalue weighted by molar-refractivity contribution is 5.89. The van der Waals surface area contributed by atoms with Crippen molar-refractivity contribution in [1.82, 2.24) is 0 Å². The Labute approximate surface area is 136 Å². The lowest BCUT2D eigenvalue weighted by Gasteiger charge is -2.20. The summed E-state index contributed by atoms with van der Waals surface area (Å²) in [5, 5.41) is 8.82. The topological polar surface area (TPSA) is 37.3 Å².